The summed E-state index contributed by atoms with van der Waals surface area (Å²) in [5.74, 6) is 0. The van der Waals surface area contributed by atoms with Gasteiger partial charge in [-0.05, 0) is 51.9 Å². The van der Waals surface area contributed by atoms with Crippen molar-refractivity contribution in [1.29, 1.82) is 0 Å². The molecular weight excluding hydrogens is 545 g/mol. The van der Waals surface area contributed by atoms with Gasteiger partial charge in [0.25, 0.3) is 10.1 Å². The van der Waals surface area contributed by atoms with E-state index in [1.54, 1.807) is 30.3 Å². The van der Waals surface area contributed by atoms with E-state index in [2.05, 4.69) is 79.7 Å². The Kier molecular flexibility index (Phi) is 13.7. The Balaban J connectivity index is 0.000000223. The largest absolute Gasteiger partial charge is 0.296 e. The minimum Gasteiger partial charge on any atom is -0.266 e. The van der Waals surface area contributed by atoms with Crippen molar-refractivity contribution in [2.45, 2.75) is 76.0 Å². The third-order valence-electron chi connectivity index (χ3n) is 7.40. The van der Waals surface area contributed by atoms with Gasteiger partial charge in [0.05, 0.1) is 11.5 Å². The molecule has 0 spiro atoms. The van der Waals surface area contributed by atoms with Crippen molar-refractivity contribution < 1.29 is 12.6 Å². The summed E-state index contributed by atoms with van der Waals surface area (Å²) < 4.78 is 28.8. The zero-order valence-corrected chi connectivity index (χ0v) is 26.0. The number of rotatable bonds is 14. The molecule has 0 atom stereocenters. The molecule has 5 rings (SSSR count). The van der Waals surface area contributed by atoms with Crippen LogP contribution in [0.4, 0.5) is 0 Å². The van der Waals surface area contributed by atoms with Crippen molar-refractivity contribution in [3.05, 3.63) is 103 Å². The minimum atomic E-state index is -3.57. The van der Waals surface area contributed by atoms with Crippen LogP contribution in [0.3, 0.4) is 0 Å². The Morgan fingerprint density at radius 3 is 1.63 bits per heavy atom. The van der Waals surface area contributed by atoms with Crippen molar-refractivity contribution >= 4 is 23.6 Å². The molecule has 0 fully saturated rings. The number of fused-ring (bicyclic) bond motifs is 4. The highest BCUT2D eigenvalue weighted by Crippen LogP contribution is 2.51. The summed E-state index contributed by atoms with van der Waals surface area (Å²) >= 11 is 0. The molecule has 0 heterocycles. The molecule has 0 aliphatic heterocycles. The van der Waals surface area contributed by atoms with Crippen LogP contribution in [0.25, 0.3) is 33.4 Å². The van der Waals surface area contributed by atoms with Crippen LogP contribution in [0.5, 0.6) is 0 Å². The fourth-order valence-corrected chi connectivity index (χ4v) is 6.18. The van der Waals surface area contributed by atoms with Crippen molar-refractivity contribution in [3.63, 3.8) is 0 Å². The van der Waals surface area contributed by atoms with E-state index in [4.69, 9.17) is 4.18 Å². The number of hydrogen-bond acceptors (Lipinski definition) is 3. The van der Waals surface area contributed by atoms with Gasteiger partial charge in [-0.15, -0.1) is 0 Å². The molecular formula is C36H44O3S2. The molecule has 3 nitrogen and oxygen atoms in total. The Hall–Kier alpha value is -2.86. The Morgan fingerprint density at radius 2 is 1.00 bits per heavy atom. The molecule has 0 radical (unpaired) electrons. The number of unbranched alkanes of at least 4 members (excludes halogenated alkanes) is 9. The van der Waals surface area contributed by atoms with E-state index < -0.39 is 10.1 Å². The lowest BCUT2D eigenvalue weighted by Crippen LogP contribution is -2.07. The van der Waals surface area contributed by atoms with Crippen LogP contribution < -0.4 is 0 Å². The maximum absolute atomic E-state index is 11.9. The number of hydrogen-bond donors (Lipinski definition) is 0. The zero-order valence-electron chi connectivity index (χ0n) is 24.2. The van der Waals surface area contributed by atoms with E-state index in [9.17, 15) is 8.42 Å². The maximum Gasteiger partial charge on any atom is 0.296 e. The highest BCUT2D eigenvalue weighted by Gasteiger charge is 2.24. The van der Waals surface area contributed by atoms with E-state index in [1.807, 2.05) is 0 Å². The van der Waals surface area contributed by atoms with E-state index in [1.165, 1.54) is 84.7 Å². The van der Waals surface area contributed by atoms with Crippen LogP contribution >= 0.6 is 13.5 Å². The molecule has 218 valence electrons. The third kappa shape index (κ3) is 9.32. The predicted octanol–water partition coefficient (Wildman–Crippen LogP) is 10.4. The first-order chi connectivity index (χ1) is 19.6. The fourth-order valence-electron chi connectivity index (χ4n) is 5.21. The van der Waals surface area contributed by atoms with Crippen LogP contribution in [-0.4, -0.2) is 15.0 Å². The highest BCUT2D eigenvalue weighted by atomic mass is 32.2. The van der Waals surface area contributed by atoms with Crippen LogP contribution in [0.15, 0.2) is 108 Å². The normalized spacial score (nSPS) is 11.2. The predicted molar refractivity (Wildman–Crippen MR) is 178 cm³/mol. The molecule has 4 aromatic rings. The molecule has 0 saturated heterocycles. The molecule has 0 saturated carbocycles. The average molecular weight is 589 g/mol. The highest BCUT2D eigenvalue weighted by molar-refractivity contribution is 7.86. The molecule has 0 N–H and O–H groups in total. The fraction of sp³-hybridized carbons (Fsp3) is 0.333. The summed E-state index contributed by atoms with van der Waals surface area (Å²) in [5, 5.41) is 0. The Bertz CT molecular complexity index is 1400. The maximum atomic E-state index is 11.9. The van der Waals surface area contributed by atoms with E-state index in [0.717, 1.165) is 12.8 Å². The quantitative estimate of drug-likeness (QED) is 0.0957. The summed E-state index contributed by atoms with van der Waals surface area (Å²) in [5.41, 5.74) is 8.18. The zero-order chi connectivity index (χ0) is 28.0. The Labute approximate surface area is 254 Å². The van der Waals surface area contributed by atoms with Gasteiger partial charge in [-0.1, -0.05) is 156 Å². The molecule has 1 aliphatic rings. The summed E-state index contributed by atoms with van der Waals surface area (Å²) in [7, 11) is -3.57. The van der Waals surface area contributed by atoms with Crippen LogP contribution in [0.2, 0.25) is 0 Å². The minimum absolute atomic E-state index is 0. The summed E-state index contributed by atoms with van der Waals surface area (Å²) in [4.78, 5) is 0.238. The van der Waals surface area contributed by atoms with Gasteiger partial charge in [-0.3, -0.25) is 4.18 Å². The molecule has 5 heteroatoms. The van der Waals surface area contributed by atoms with E-state index in [0.29, 0.717) is 0 Å². The lowest BCUT2D eigenvalue weighted by Gasteiger charge is -2.26. The smallest absolute Gasteiger partial charge is 0.266 e. The summed E-state index contributed by atoms with van der Waals surface area (Å²) in [6.07, 6.45) is 12.3. The molecule has 0 amide bonds. The SMILES string of the molecule is CCCCCCCCCCCCOS(=O)(=O)c1ccccc1.S.c1ccc(-c2cccc3c2-c2ccccc2-3)cc1. The van der Waals surface area contributed by atoms with Gasteiger partial charge in [0.15, 0.2) is 0 Å². The van der Waals surface area contributed by atoms with Gasteiger partial charge in [0, 0.05) is 0 Å². The lowest BCUT2D eigenvalue weighted by atomic mass is 9.77. The van der Waals surface area contributed by atoms with Gasteiger partial charge in [0.1, 0.15) is 0 Å². The molecule has 4 aromatic carbocycles. The molecule has 0 aromatic heterocycles. The van der Waals surface area contributed by atoms with E-state index in [-0.39, 0.29) is 25.0 Å². The second kappa shape index (κ2) is 17.2. The average Bonchev–Trinajstić information content (AvgIpc) is 2.99. The molecule has 1 aliphatic carbocycles. The molecule has 0 bridgehead atoms. The molecule has 41 heavy (non-hydrogen) atoms. The van der Waals surface area contributed by atoms with Crippen molar-refractivity contribution in [2.75, 3.05) is 6.61 Å². The second-order valence-electron chi connectivity index (χ2n) is 10.4. The van der Waals surface area contributed by atoms with Gasteiger partial charge < -0.3 is 0 Å². The molecule has 0 unspecified atom stereocenters. The standard InChI is InChI=1S/C18H30O3S.C18H12.H2S/c1-2-3-4-5-6-7-8-9-10-14-17-21-22(19,20)18-15-12-11-13-16-18;1-2-7-13(8-3-1)14-11-6-12-17-15-9-4-5-10-16(15)18(14)17;/h11-13,15-16H,2-10,14,17H2,1H3;1-12H;1H2. The first-order valence-electron chi connectivity index (χ1n) is 14.8. The second-order valence-corrected chi connectivity index (χ2v) is 12.0. The number of benzene rings is 4. The van der Waals surface area contributed by atoms with Gasteiger partial charge >= 0.3 is 0 Å². The van der Waals surface area contributed by atoms with E-state index >= 15 is 0 Å². The van der Waals surface area contributed by atoms with Gasteiger partial charge in [0.2, 0.25) is 0 Å². The lowest BCUT2D eigenvalue weighted by molar-refractivity contribution is 0.306. The van der Waals surface area contributed by atoms with Gasteiger partial charge in [-0.25, -0.2) is 0 Å². The third-order valence-corrected chi connectivity index (χ3v) is 8.73. The van der Waals surface area contributed by atoms with Crippen LogP contribution in [0.1, 0.15) is 71.1 Å². The topological polar surface area (TPSA) is 43.4 Å². The van der Waals surface area contributed by atoms with Crippen molar-refractivity contribution in [2.24, 2.45) is 0 Å². The van der Waals surface area contributed by atoms with Crippen molar-refractivity contribution in [3.8, 4) is 33.4 Å². The first-order valence-corrected chi connectivity index (χ1v) is 16.3. The summed E-state index contributed by atoms with van der Waals surface area (Å²) in [6, 6.07) is 34.2. The Morgan fingerprint density at radius 1 is 0.512 bits per heavy atom. The summed E-state index contributed by atoms with van der Waals surface area (Å²) in [6.45, 7) is 2.52. The van der Waals surface area contributed by atoms with Crippen molar-refractivity contribution in [1.82, 2.24) is 0 Å². The monoisotopic (exact) mass is 588 g/mol. The van der Waals surface area contributed by atoms with Gasteiger partial charge in [-0.2, -0.15) is 21.9 Å². The van der Waals surface area contributed by atoms with Crippen LogP contribution in [0, 0.1) is 0 Å². The first kappa shape index (κ1) is 32.7. The van der Waals surface area contributed by atoms with Crippen LogP contribution in [-0.2, 0) is 14.3 Å².